The van der Waals surface area contributed by atoms with E-state index in [0.717, 1.165) is 34.1 Å². The van der Waals surface area contributed by atoms with Crippen LogP contribution in [0.5, 0.6) is 0 Å². The van der Waals surface area contributed by atoms with E-state index in [4.69, 9.17) is 0 Å². The molecular weight excluding hydrogens is 685 g/mol. The molecule has 3 heteroatoms. The van der Waals surface area contributed by atoms with Gasteiger partial charge in [-0.2, -0.15) is 0 Å². The van der Waals surface area contributed by atoms with E-state index in [2.05, 4.69) is 228 Å². The summed E-state index contributed by atoms with van der Waals surface area (Å²) in [6.07, 6.45) is 0. The molecule has 55 heavy (non-hydrogen) atoms. The first-order valence-corrected chi connectivity index (χ1v) is 19.5. The van der Waals surface area contributed by atoms with Gasteiger partial charge in [0, 0.05) is 38.1 Å². The van der Waals surface area contributed by atoms with E-state index in [1.807, 2.05) is 11.3 Å². The van der Waals surface area contributed by atoms with Crippen LogP contribution in [0.2, 0.25) is 0 Å². The molecule has 0 radical (unpaired) electrons. The molecule has 1 aromatic heterocycles. The molecule has 9 aromatic carbocycles. The average molecular weight is 721 g/mol. The summed E-state index contributed by atoms with van der Waals surface area (Å²) in [6.45, 7) is 0. The van der Waals surface area contributed by atoms with Crippen molar-refractivity contribution < 1.29 is 0 Å². The van der Waals surface area contributed by atoms with Gasteiger partial charge in [0.1, 0.15) is 0 Å². The molecule has 2 nitrogen and oxygen atoms in total. The quantitative estimate of drug-likeness (QED) is 0.154. The predicted octanol–water partition coefficient (Wildman–Crippen LogP) is 15.5. The molecule has 0 aliphatic carbocycles. The first-order chi connectivity index (χ1) is 27.3. The second kappa shape index (κ2) is 14.1. The van der Waals surface area contributed by atoms with E-state index in [9.17, 15) is 0 Å². The normalized spacial score (nSPS) is 11.3. The van der Waals surface area contributed by atoms with Crippen LogP contribution in [0, 0.1) is 0 Å². The fraction of sp³-hybridized carbons (Fsp3) is 0. The van der Waals surface area contributed by atoms with Crippen LogP contribution in [0.4, 0.5) is 34.1 Å². The van der Waals surface area contributed by atoms with Crippen molar-refractivity contribution in [1.82, 2.24) is 0 Å². The molecule has 0 saturated carbocycles. The van der Waals surface area contributed by atoms with Gasteiger partial charge in [-0.15, -0.1) is 11.3 Å². The van der Waals surface area contributed by atoms with Crippen molar-refractivity contribution >= 4 is 76.4 Å². The highest BCUT2D eigenvalue weighted by atomic mass is 32.1. The number of hydrogen-bond acceptors (Lipinski definition) is 3. The second-order valence-electron chi connectivity index (χ2n) is 13.7. The Hall–Kier alpha value is -6.94. The van der Waals surface area contributed by atoms with Crippen molar-refractivity contribution in [3.63, 3.8) is 0 Å². The third-order valence-corrected chi connectivity index (χ3v) is 11.6. The number of nitrogens with zero attached hydrogens (tertiary/aromatic N) is 2. The Morgan fingerprint density at radius 2 is 0.836 bits per heavy atom. The number of hydrogen-bond donors (Lipinski definition) is 0. The molecule has 0 aliphatic rings. The van der Waals surface area contributed by atoms with Gasteiger partial charge in [-0.25, -0.2) is 0 Å². The van der Waals surface area contributed by atoms with Crippen LogP contribution in [0.1, 0.15) is 0 Å². The zero-order valence-electron chi connectivity index (χ0n) is 30.1. The Balaban J connectivity index is 1.30. The Bertz CT molecular complexity index is 2900. The maximum Gasteiger partial charge on any atom is 0.0883 e. The van der Waals surface area contributed by atoms with E-state index in [1.54, 1.807) is 0 Å². The SMILES string of the molecule is c1ccc(-c2ccc(N(c3ccccc3)c3c(N(c4ccccc4)c4ccccc4-c4ccccc4)ccc4c3sc3cc5ccccc5cc34)cc2)cc1. The summed E-state index contributed by atoms with van der Waals surface area (Å²) >= 11 is 1.88. The number of anilines is 6. The number of rotatable bonds is 8. The van der Waals surface area contributed by atoms with E-state index in [1.165, 1.54) is 53.2 Å². The van der Waals surface area contributed by atoms with Gasteiger partial charge >= 0.3 is 0 Å². The Morgan fingerprint density at radius 3 is 1.51 bits per heavy atom. The van der Waals surface area contributed by atoms with Crippen molar-refractivity contribution in [1.29, 1.82) is 0 Å². The number of para-hydroxylation sites is 3. The largest absolute Gasteiger partial charge is 0.308 e. The minimum absolute atomic E-state index is 1.09. The highest BCUT2D eigenvalue weighted by Gasteiger charge is 2.27. The van der Waals surface area contributed by atoms with Crippen LogP contribution in [0.15, 0.2) is 218 Å². The molecule has 260 valence electrons. The van der Waals surface area contributed by atoms with Gasteiger partial charge in [0.05, 0.1) is 21.8 Å². The standard InChI is InChI=1S/C52H36N2S/c1-5-17-37(18-6-1)38-29-31-44(32-30-38)53(42-23-9-3-10-24-42)51-49(34-33-46-47-35-40-21-13-14-22-41(40)36-50(47)55-52(46)51)54(43-25-11-4-12-26-43)48-28-16-15-27-45(48)39-19-7-2-8-20-39/h1-36H. The van der Waals surface area contributed by atoms with Gasteiger partial charge < -0.3 is 9.80 Å². The zero-order valence-corrected chi connectivity index (χ0v) is 30.9. The van der Waals surface area contributed by atoms with Crippen LogP contribution in [0.25, 0.3) is 53.2 Å². The fourth-order valence-corrected chi connectivity index (χ4v) is 9.10. The summed E-state index contributed by atoms with van der Waals surface area (Å²) in [5, 5.41) is 5.02. The summed E-state index contributed by atoms with van der Waals surface area (Å²) in [4.78, 5) is 4.91. The molecule has 0 unspecified atom stereocenters. The third-order valence-electron chi connectivity index (χ3n) is 10.4. The summed E-state index contributed by atoms with van der Waals surface area (Å²) in [5.41, 5.74) is 11.3. The third kappa shape index (κ3) is 6.01. The summed E-state index contributed by atoms with van der Waals surface area (Å²) in [7, 11) is 0. The summed E-state index contributed by atoms with van der Waals surface area (Å²) < 4.78 is 2.51. The van der Waals surface area contributed by atoms with Gasteiger partial charge in [-0.1, -0.05) is 158 Å². The second-order valence-corrected chi connectivity index (χ2v) is 14.8. The monoisotopic (exact) mass is 720 g/mol. The van der Waals surface area contributed by atoms with Gasteiger partial charge in [0.15, 0.2) is 0 Å². The molecule has 0 spiro atoms. The number of fused-ring (bicyclic) bond motifs is 4. The topological polar surface area (TPSA) is 6.48 Å². The van der Waals surface area contributed by atoms with Crippen LogP contribution >= 0.6 is 11.3 Å². The lowest BCUT2D eigenvalue weighted by atomic mass is 10.0. The van der Waals surface area contributed by atoms with Crippen molar-refractivity contribution in [2.24, 2.45) is 0 Å². The summed E-state index contributed by atoms with van der Waals surface area (Å²) in [5.74, 6) is 0. The maximum absolute atomic E-state index is 2.46. The average Bonchev–Trinajstić information content (AvgIpc) is 3.63. The van der Waals surface area contributed by atoms with E-state index in [0.29, 0.717) is 0 Å². The maximum atomic E-state index is 2.46. The van der Waals surface area contributed by atoms with Crippen molar-refractivity contribution in [2.45, 2.75) is 0 Å². The molecule has 0 saturated heterocycles. The lowest BCUT2D eigenvalue weighted by Gasteiger charge is -2.34. The molecule has 0 fully saturated rings. The van der Waals surface area contributed by atoms with Gasteiger partial charge in [-0.05, 0) is 88.1 Å². The summed E-state index contributed by atoms with van der Waals surface area (Å²) in [6, 6.07) is 78.9. The number of thiophene rings is 1. The lowest BCUT2D eigenvalue weighted by molar-refractivity contribution is 1.24. The smallest absolute Gasteiger partial charge is 0.0883 e. The molecule has 0 N–H and O–H groups in total. The van der Waals surface area contributed by atoms with Crippen molar-refractivity contribution in [3.05, 3.63) is 218 Å². The van der Waals surface area contributed by atoms with Crippen LogP contribution in [-0.2, 0) is 0 Å². The Kier molecular flexibility index (Phi) is 8.40. The molecule has 0 amide bonds. The highest BCUT2D eigenvalue weighted by Crippen LogP contribution is 2.53. The zero-order chi connectivity index (χ0) is 36.6. The minimum atomic E-state index is 1.09. The first kappa shape index (κ1) is 32.7. The van der Waals surface area contributed by atoms with Crippen molar-refractivity contribution in [2.75, 3.05) is 9.80 Å². The first-order valence-electron chi connectivity index (χ1n) is 18.7. The Labute approximate surface area is 325 Å². The molecule has 0 bridgehead atoms. The Morgan fingerprint density at radius 1 is 0.327 bits per heavy atom. The molecule has 0 aliphatic heterocycles. The van der Waals surface area contributed by atoms with E-state index in [-0.39, 0.29) is 0 Å². The molecule has 0 atom stereocenters. The lowest BCUT2D eigenvalue weighted by Crippen LogP contribution is -2.17. The molecular formula is C52H36N2S. The molecule has 10 aromatic rings. The van der Waals surface area contributed by atoms with E-state index < -0.39 is 0 Å². The fourth-order valence-electron chi connectivity index (χ4n) is 7.83. The van der Waals surface area contributed by atoms with Gasteiger partial charge in [0.25, 0.3) is 0 Å². The molecule has 1 heterocycles. The molecule has 10 rings (SSSR count). The van der Waals surface area contributed by atoms with Crippen LogP contribution in [0.3, 0.4) is 0 Å². The van der Waals surface area contributed by atoms with Gasteiger partial charge in [-0.3, -0.25) is 0 Å². The van der Waals surface area contributed by atoms with Gasteiger partial charge in [0.2, 0.25) is 0 Å². The number of benzene rings is 9. The minimum Gasteiger partial charge on any atom is -0.308 e. The highest BCUT2D eigenvalue weighted by molar-refractivity contribution is 7.26. The van der Waals surface area contributed by atoms with Crippen LogP contribution < -0.4 is 9.80 Å². The van der Waals surface area contributed by atoms with Crippen molar-refractivity contribution in [3.8, 4) is 22.3 Å². The van der Waals surface area contributed by atoms with E-state index >= 15 is 0 Å². The predicted molar refractivity (Wildman–Crippen MR) is 237 cm³/mol. The van der Waals surface area contributed by atoms with Crippen LogP contribution in [-0.4, -0.2) is 0 Å².